The lowest BCUT2D eigenvalue weighted by molar-refractivity contribution is 0.0600. The van der Waals surface area contributed by atoms with Crippen molar-refractivity contribution in [1.29, 1.82) is 0 Å². The Balaban J connectivity index is 1.95. The Morgan fingerprint density at radius 3 is 2.32 bits per heavy atom. The first kappa shape index (κ1) is 14.9. The number of thiazole rings is 1. The summed E-state index contributed by atoms with van der Waals surface area (Å²) in [7, 11) is 1.38. The van der Waals surface area contributed by atoms with E-state index in [-0.39, 0.29) is 17.2 Å². The maximum absolute atomic E-state index is 11.6. The number of methoxy groups -OCH3 is 1. The summed E-state index contributed by atoms with van der Waals surface area (Å²) >= 11 is 1.49. The van der Waals surface area contributed by atoms with E-state index < -0.39 is 0 Å². The van der Waals surface area contributed by atoms with Gasteiger partial charge in [0.05, 0.1) is 23.2 Å². The van der Waals surface area contributed by atoms with Gasteiger partial charge in [-0.15, -0.1) is 11.3 Å². The maximum Gasteiger partial charge on any atom is 0.337 e. The molecular formula is C17H17NO3S. The molecule has 1 fully saturated rings. The van der Waals surface area contributed by atoms with E-state index in [1.165, 1.54) is 18.4 Å². The molecule has 1 saturated carbocycles. The molecule has 1 aliphatic carbocycles. The average Bonchev–Trinajstić information content (AvgIpc) is 3.23. The second-order valence-corrected chi connectivity index (χ2v) is 6.64. The molecule has 5 heteroatoms. The molecule has 0 aliphatic heterocycles. The van der Waals surface area contributed by atoms with Crippen molar-refractivity contribution in [3.8, 4) is 0 Å². The summed E-state index contributed by atoms with van der Waals surface area (Å²) in [4.78, 5) is 28.5. The zero-order chi connectivity index (χ0) is 15.9. The third-order valence-electron chi connectivity index (χ3n) is 4.13. The molecule has 0 saturated heterocycles. The summed E-state index contributed by atoms with van der Waals surface area (Å²) in [6.07, 6.45) is 2.05. The van der Waals surface area contributed by atoms with E-state index in [2.05, 4.69) is 4.98 Å². The Hall–Kier alpha value is -2.01. The van der Waals surface area contributed by atoms with Gasteiger partial charge in [-0.2, -0.15) is 0 Å². The van der Waals surface area contributed by atoms with Crippen LogP contribution in [0.15, 0.2) is 24.3 Å². The molecule has 0 unspecified atom stereocenters. The van der Waals surface area contributed by atoms with Crippen LogP contribution in [0.2, 0.25) is 0 Å². The quantitative estimate of drug-likeness (QED) is 0.640. The Kier molecular flexibility index (Phi) is 3.60. The van der Waals surface area contributed by atoms with Crippen LogP contribution in [0, 0.1) is 6.92 Å². The second kappa shape index (κ2) is 5.32. The van der Waals surface area contributed by atoms with Crippen LogP contribution in [-0.4, -0.2) is 23.8 Å². The lowest BCUT2D eigenvalue weighted by atomic mass is 9.95. The topological polar surface area (TPSA) is 56.3 Å². The second-order valence-electron chi connectivity index (χ2n) is 5.64. The standard InChI is InChI=1S/C17H17NO3S/c1-10-14(11(2)19)22-16(18-10)17(8-9-17)13-6-4-12(5-7-13)15(20)21-3/h4-7H,8-9H2,1-3H3. The van der Waals surface area contributed by atoms with Crippen molar-refractivity contribution in [3.63, 3.8) is 0 Å². The fraction of sp³-hybridized carbons (Fsp3) is 0.353. The molecule has 0 amide bonds. The van der Waals surface area contributed by atoms with Crippen molar-refractivity contribution >= 4 is 23.1 Å². The smallest absolute Gasteiger partial charge is 0.337 e. The summed E-state index contributed by atoms with van der Waals surface area (Å²) in [6, 6.07) is 7.49. The number of carbonyl (C=O) groups is 2. The summed E-state index contributed by atoms with van der Waals surface area (Å²) < 4.78 is 4.72. The van der Waals surface area contributed by atoms with Crippen molar-refractivity contribution in [1.82, 2.24) is 4.98 Å². The van der Waals surface area contributed by atoms with E-state index >= 15 is 0 Å². The van der Waals surface area contributed by atoms with Crippen LogP contribution < -0.4 is 0 Å². The molecule has 1 aromatic heterocycles. The average molecular weight is 315 g/mol. The van der Waals surface area contributed by atoms with Gasteiger partial charge in [0.15, 0.2) is 5.78 Å². The lowest BCUT2D eigenvalue weighted by Crippen LogP contribution is -2.09. The normalized spacial score (nSPS) is 15.4. The zero-order valence-electron chi connectivity index (χ0n) is 12.8. The first-order valence-corrected chi connectivity index (χ1v) is 7.97. The third-order valence-corrected chi connectivity index (χ3v) is 5.60. The van der Waals surface area contributed by atoms with Gasteiger partial charge in [0.1, 0.15) is 5.01 Å². The number of ketones is 1. The molecule has 22 heavy (non-hydrogen) atoms. The highest BCUT2D eigenvalue weighted by molar-refractivity contribution is 7.14. The number of aromatic nitrogens is 1. The number of nitrogens with zero attached hydrogens (tertiary/aromatic N) is 1. The minimum atomic E-state index is -0.333. The lowest BCUT2D eigenvalue weighted by Gasteiger charge is -2.13. The summed E-state index contributed by atoms with van der Waals surface area (Å²) in [5.41, 5.74) is 2.41. The summed E-state index contributed by atoms with van der Waals surface area (Å²) in [5, 5.41) is 1.00. The van der Waals surface area contributed by atoms with Crippen LogP contribution in [-0.2, 0) is 10.2 Å². The first-order valence-electron chi connectivity index (χ1n) is 7.15. The van der Waals surface area contributed by atoms with Crippen molar-refractivity contribution in [2.75, 3.05) is 7.11 Å². The number of rotatable bonds is 4. The molecule has 1 aliphatic rings. The molecule has 0 bridgehead atoms. The van der Waals surface area contributed by atoms with Gasteiger partial charge in [0.25, 0.3) is 0 Å². The van der Waals surface area contributed by atoms with Gasteiger partial charge >= 0.3 is 5.97 Å². The molecule has 1 aromatic carbocycles. The maximum atomic E-state index is 11.6. The first-order chi connectivity index (χ1) is 10.5. The molecule has 2 aromatic rings. The monoisotopic (exact) mass is 315 g/mol. The number of carbonyl (C=O) groups excluding carboxylic acids is 2. The van der Waals surface area contributed by atoms with Gasteiger partial charge in [-0.3, -0.25) is 4.79 Å². The molecule has 1 heterocycles. The number of esters is 1. The number of Topliss-reactive ketones (excluding diaryl/α,β-unsaturated/α-hetero) is 1. The van der Waals surface area contributed by atoms with Crippen LogP contribution >= 0.6 is 11.3 Å². The van der Waals surface area contributed by atoms with E-state index in [0.717, 1.165) is 34.0 Å². The molecule has 0 atom stereocenters. The molecule has 0 radical (unpaired) electrons. The SMILES string of the molecule is COC(=O)c1ccc(C2(c3nc(C)c(C(C)=O)s3)CC2)cc1. The van der Waals surface area contributed by atoms with Gasteiger partial charge in [-0.05, 0) is 37.5 Å². The Labute approximate surface area is 133 Å². The van der Waals surface area contributed by atoms with E-state index in [1.807, 2.05) is 19.1 Å². The minimum absolute atomic E-state index is 0.0677. The number of ether oxygens (including phenoxy) is 1. The highest BCUT2D eigenvalue weighted by Crippen LogP contribution is 2.54. The molecule has 114 valence electrons. The van der Waals surface area contributed by atoms with Gasteiger partial charge in [-0.25, -0.2) is 9.78 Å². The highest BCUT2D eigenvalue weighted by atomic mass is 32.1. The number of aryl methyl sites for hydroxylation is 1. The molecule has 3 rings (SSSR count). The van der Waals surface area contributed by atoms with Crippen LogP contribution in [0.1, 0.15) is 56.1 Å². The van der Waals surface area contributed by atoms with E-state index in [1.54, 1.807) is 19.1 Å². The van der Waals surface area contributed by atoms with Crippen LogP contribution in [0.5, 0.6) is 0 Å². The largest absolute Gasteiger partial charge is 0.465 e. The predicted octanol–water partition coefficient (Wildman–Crippen LogP) is 3.52. The molecule has 4 nitrogen and oxygen atoms in total. The van der Waals surface area contributed by atoms with E-state index in [4.69, 9.17) is 4.74 Å². The highest BCUT2D eigenvalue weighted by Gasteiger charge is 2.48. The third kappa shape index (κ3) is 2.35. The van der Waals surface area contributed by atoms with Gasteiger partial charge in [-0.1, -0.05) is 12.1 Å². The van der Waals surface area contributed by atoms with Gasteiger partial charge < -0.3 is 4.74 Å². The van der Waals surface area contributed by atoms with Crippen molar-refractivity contribution in [2.24, 2.45) is 0 Å². The van der Waals surface area contributed by atoms with Gasteiger partial charge in [0, 0.05) is 12.3 Å². The van der Waals surface area contributed by atoms with E-state index in [9.17, 15) is 9.59 Å². The van der Waals surface area contributed by atoms with E-state index in [0.29, 0.717) is 5.56 Å². The fourth-order valence-corrected chi connectivity index (χ4v) is 3.95. The van der Waals surface area contributed by atoms with Crippen molar-refractivity contribution in [2.45, 2.75) is 32.1 Å². The predicted molar refractivity (Wildman–Crippen MR) is 84.7 cm³/mol. The Morgan fingerprint density at radius 1 is 1.23 bits per heavy atom. The summed E-state index contributed by atoms with van der Waals surface area (Å²) in [6.45, 7) is 3.46. The Morgan fingerprint density at radius 2 is 1.86 bits per heavy atom. The Bertz CT molecular complexity index is 742. The number of hydrogen-bond donors (Lipinski definition) is 0. The van der Waals surface area contributed by atoms with Crippen LogP contribution in [0.4, 0.5) is 0 Å². The van der Waals surface area contributed by atoms with Crippen molar-refractivity contribution < 1.29 is 14.3 Å². The van der Waals surface area contributed by atoms with Crippen LogP contribution in [0.3, 0.4) is 0 Å². The molecular weight excluding hydrogens is 298 g/mol. The number of hydrogen-bond acceptors (Lipinski definition) is 5. The van der Waals surface area contributed by atoms with Crippen molar-refractivity contribution in [3.05, 3.63) is 51.0 Å². The number of benzene rings is 1. The van der Waals surface area contributed by atoms with Gasteiger partial charge in [0.2, 0.25) is 0 Å². The van der Waals surface area contributed by atoms with Crippen LogP contribution in [0.25, 0.3) is 0 Å². The minimum Gasteiger partial charge on any atom is -0.465 e. The molecule has 0 N–H and O–H groups in total. The zero-order valence-corrected chi connectivity index (χ0v) is 13.6. The summed E-state index contributed by atoms with van der Waals surface area (Å²) in [5.74, 6) is -0.265. The fourth-order valence-electron chi connectivity index (χ4n) is 2.72. The molecule has 0 spiro atoms.